The molecule has 1 aliphatic rings. The summed E-state index contributed by atoms with van der Waals surface area (Å²) in [4.78, 5) is 2.37. The van der Waals surface area contributed by atoms with Crippen LogP contribution in [0, 0.1) is 5.92 Å². The molecule has 0 saturated heterocycles. The molecule has 18 heavy (non-hydrogen) atoms. The highest BCUT2D eigenvalue weighted by Crippen LogP contribution is 2.33. The predicted octanol–water partition coefficient (Wildman–Crippen LogP) is 3.46. The van der Waals surface area contributed by atoms with Crippen LogP contribution in [-0.4, -0.2) is 24.5 Å². The lowest BCUT2D eigenvalue weighted by molar-refractivity contribution is 0.149. The summed E-state index contributed by atoms with van der Waals surface area (Å²) in [6.07, 6.45) is 4.10. The minimum atomic E-state index is 0.0787. The summed E-state index contributed by atoms with van der Waals surface area (Å²) >= 11 is 6.31. The second-order valence-electron chi connectivity index (χ2n) is 5.56. The molecule has 1 aliphatic carbocycles. The van der Waals surface area contributed by atoms with Crippen LogP contribution in [0.15, 0.2) is 24.3 Å². The minimum absolute atomic E-state index is 0.0787. The van der Waals surface area contributed by atoms with Crippen molar-refractivity contribution in [1.29, 1.82) is 0 Å². The van der Waals surface area contributed by atoms with Gasteiger partial charge in [0.05, 0.1) is 6.04 Å². The van der Waals surface area contributed by atoms with Crippen LogP contribution in [0.5, 0.6) is 0 Å². The first-order valence-corrected chi connectivity index (χ1v) is 7.17. The standard InChI is InChI=1S/C15H23ClN2/c1-11(17)15(13-8-3-4-9-14(13)16)18(2)10-12-6-5-7-12/h3-4,8-9,11-12,15H,5-7,10,17H2,1-2H3. The fraction of sp³-hybridized carbons (Fsp3) is 0.600. The van der Waals surface area contributed by atoms with Crippen molar-refractivity contribution in [3.63, 3.8) is 0 Å². The Morgan fingerprint density at radius 2 is 2.06 bits per heavy atom. The maximum absolute atomic E-state index is 6.31. The minimum Gasteiger partial charge on any atom is -0.326 e. The van der Waals surface area contributed by atoms with Gasteiger partial charge < -0.3 is 5.73 Å². The quantitative estimate of drug-likeness (QED) is 0.884. The zero-order chi connectivity index (χ0) is 13.1. The molecule has 0 aliphatic heterocycles. The molecule has 0 bridgehead atoms. The summed E-state index contributed by atoms with van der Waals surface area (Å²) in [6.45, 7) is 3.18. The van der Waals surface area contributed by atoms with Crippen molar-refractivity contribution in [3.05, 3.63) is 34.9 Å². The Labute approximate surface area is 115 Å². The van der Waals surface area contributed by atoms with Gasteiger partial charge in [0.25, 0.3) is 0 Å². The number of nitrogens with two attached hydrogens (primary N) is 1. The molecular formula is C15H23ClN2. The molecule has 1 saturated carbocycles. The Hall–Kier alpha value is -0.570. The van der Waals surface area contributed by atoms with E-state index >= 15 is 0 Å². The van der Waals surface area contributed by atoms with Crippen LogP contribution in [0.25, 0.3) is 0 Å². The summed E-state index contributed by atoms with van der Waals surface area (Å²) in [5.74, 6) is 0.846. The van der Waals surface area contributed by atoms with Gasteiger partial charge in [0, 0.05) is 17.6 Å². The zero-order valence-corrected chi connectivity index (χ0v) is 12.0. The zero-order valence-electron chi connectivity index (χ0n) is 11.3. The third-order valence-corrected chi connectivity index (χ3v) is 4.31. The van der Waals surface area contributed by atoms with E-state index in [9.17, 15) is 0 Å². The highest BCUT2D eigenvalue weighted by atomic mass is 35.5. The van der Waals surface area contributed by atoms with Gasteiger partial charge in [-0.25, -0.2) is 0 Å². The summed E-state index contributed by atoms with van der Waals surface area (Å²) in [7, 11) is 2.16. The molecule has 0 spiro atoms. The van der Waals surface area contributed by atoms with Crippen molar-refractivity contribution < 1.29 is 0 Å². The molecule has 2 atom stereocenters. The molecule has 1 fully saturated rings. The van der Waals surface area contributed by atoms with Crippen molar-refractivity contribution in [1.82, 2.24) is 4.90 Å². The highest BCUT2D eigenvalue weighted by Gasteiger charge is 2.27. The van der Waals surface area contributed by atoms with Crippen molar-refractivity contribution >= 4 is 11.6 Å². The summed E-state index contributed by atoms with van der Waals surface area (Å²) < 4.78 is 0. The number of likely N-dealkylation sites (N-methyl/N-ethyl adjacent to an activating group) is 1. The molecule has 1 aromatic rings. The molecule has 0 heterocycles. The Bertz CT molecular complexity index is 388. The van der Waals surface area contributed by atoms with E-state index in [4.69, 9.17) is 17.3 Å². The number of hydrogen-bond donors (Lipinski definition) is 1. The van der Waals surface area contributed by atoms with Gasteiger partial charge in [-0.3, -0.25) is 4.90 Å². The first-order chi connectivity index (χ1) is 8.59. The van der Waals surface area contributed by atoms with E-state index in [2.05, 4.69) is 24.9 Å². The van der Waals surface area contributed by atoms with Gasteiger partial charge in [-0.05, 0) is 44.4 Å². The number of benzene rings is 1. The number of rotatable bonds is 5. The van der Waals surface area contributed by atoms with Crippen LogP contribution >= 0.6 is 11.6 Å². The number of hydrogen-bond acceptors (Lipinski definition) is 2. The SMILES string of the molecule is CC(N)C(c1ccccc1Cl)N(C)CC1CCC1. The Balaban J connectivity index is 2.14. The van der Waals surface area contributed by atoms with Gasteiger partial charge in [0.15, 0.2) is 0 Å². The fourth-order valence-corrected chi connectivity index (χ4v) is 3.08. The Kier molecular flexibility index (Phi) is 4.66. The van der Waals surface area contributed by atoms with Crippen LogP contribution in [0.4, 0.5) is 0 Å². The number of nitrogens with zero attached hydrogens (tertiary/aromatic N) is 1. The third-order valence-electron chi connectivity index (χ3n) is 3.97. The largest absolute Gasteiger partial charge is 0.326 e. The topological polar surface area (TPSA) is 29.3 Å². The molecule has 2 rings (SSSR count). The average Bonchev–Trinajstić information content (AvgIpc) is 2.26. The fourth-order valence-electron chi connectivity index (χ4n) is 2.83. The van der Waals surface area contributed by atoms with E-state index in [0.29, 0.717) is 0 Å². The summed E-state index contributed by atoms with van der Waals surface area (Å²) in [5, 5.41) is 0.820. The van der Waals surface area contributed by atoms with Crippen LogP contribution in [0.1, 0.15) is 37.8 Å². The smallest absolute Gasteiger partial charge is 0.0508 e. The lowest BCUT2D eigenvalue weighted by Gasteiger charge is -2.37. The molecule has 2 nitrogen and oxygen atoms in total. The molecule has 100 valence electrons. The summed E-state index contributed by atoms with van der Waals surface area (Å²) in [5.41, 5.74) is 7.32. The van der Waals surface area contributed by atoms with Gasteiger partial charge >= 0.3 is 0 Å². The van der Waals surface area contributed by atoms with Crippen molar-refractivity contribution in [2.75, 3.05) is 13.6 Å². The lowest BCUT2D eigenvalue weighted by Crippen LogP contribution is -2.40. The third kappa shape index (κ3) is 3.05. The van der Waals surface area contributed by atoms with Crippen LogP contribution < -0.4 is 5.73 Å². The molecule has 2 N–H and O–H groups in total. The predicted molar refractivity (Wildman–Crippen MR) is 77.8 cm³/mol. The second kappa shape index (κ2) is 6.05. The van der Waals surface area contributed by atoms with Crippen LogP contribution in [0.2, 0.25) is 5.02 Å². The molecule has 0 amide bonds. The Morgan fingerprint density at radius 1 is 1.39 bits per heavy atom. The normalized spacial score (nSPS) is 19.6. The first kappa shape index (κ1) is 13.9. The number of halogens is 1. The summed E-state index contributed by atoms with van der Waals surface area (Å²) in [6, 6.07) is 8.33. The maximum atomic E-state index is 6.31. The van der Waals surface area contributed by atoms with E-state index in [1.165, 1.54) is 19.3 Å². The molecule has 2 unspecified atom stereocenters. The van der Waals surface area contributed by atoms with Crippen LogP contribution in [-0.2, 0) is 0 Å². The van der Waals surface area contributed by atoms with E-state index in [0.717, 1.165) is 23.0 Å². The van der Waals surface area contributed by atoms with E-state index < -0.39 is 0 Å². The van der Waals surface area contributed by atoms with Gasteiger partial charge in [-0.15, -0.1) is 0 Å². The van der Waals surface area contributed by atoms with Gasteiger partial charge in [0.2, 0.25) is 0 Å². The van der Waals surface area contributed by atoms with Crippen molar-refractivity contribution in [2.24, 2.45) is 11.7 Å². The van der Waals surface area contributed by atoms with Crippen LogP contribution in [0.3, 0.4) is 0 Å². The highest BCUT2D eigenvalue weighted by molar-refractivity contribution is 6.31. The maximum Gasteiger partial charge on any atom is 0.0508 e. The average molecular weight is 267 g/mol. The first-order valence-electron chi connectivity index (χ1n) is 6.80. The molecule has 3 heteroatoms. The van der Waals surface area contributed by atoms with Gasteiger partial charge in [0.1, 0.15) is 0 Å². The van der Waals surface area contributed by atoms with E-state index in [1.807, 2.05) is 18.2 Å². The van der Waals surface area contributed by atoms with Crippen molar-refractivity contribution in [2.45, 2.75) is 38.3 Å². The lowest BCUT2D eigenvalue weighted by atomic mass is 9.84. The van der Waals surface area contributed by atoms with E-state index in [-0.39, 0.29) is 12.1 Å². The second-order valence-corrected chi connectivity index (χ2v) is 5.97. The molecule has 1 aromatic carbocycles. The van der Waals surface area contributed by atoms with Crippen molar-refractivity contribution in [3.8, 4) is 0 Å². The van der Waals surface area contributed by atoms with E-state index in [1.54, 1.807) is 0 Å². The molecule has 0 radical (unpaired) electrons. The molecular weight excluding hydrogens is 244 g/mol. The Morgan fingerprint density at radius 3 is 2.56 bits per heavy atom. The molecule has 0 aromatic heterocycles. The van der Waals surface area contributed by atoms with Gasteiger partial charge in [-0.1, -0.05) is 36.2 Å². The van der Waals surface area contributed by atoms with Gasteiger partial charge in [-0.2, -0.15) is 0 Å². The monoisotopic (exact) mass is 266 g/mol.